The van der Waals surface area contributed by atoms with E-state index in [1.54, 1.807) is 0 Å². The third-order valence-electron chi connectivity index (χ3n) is 5.49. The molecule has 1 saturated heterocycles. The van der Waals surface area contributed by atoms with Gasteiger partial charge in [0.05, 0.1) is 0 Å². The van der Waals surface area contributed by atoms with Crippen LogP contribution < -0.4 is 5.32 Å². The van der Waals surface area contributed by atoms with Crippen molar-refractivity contribution in [3.05, 3.63) is 59.7 Å². The molecule has 150 valence electrons. The number of hydrogen-bond acceptors (Lipinski definition) is 4. The summed E-state index contributed by atoms with van der Waals surface area (Å²) >= 11 is 0. The molecule has 4 rings (SSSR count). The molecule has 2 N–H and O–H groups in total. The van der Waals surface area contributed by atoms with Gasteiger partial charge in [-0.2, -0.15) is 0 Å². The van der Waals surface area contributed by atoms with E-state index < -0.39 is 18.1 Å². The largest absolute Gasteiger partial charge is 0.480 e. The predicted molar refractivity (Wildman–Crippen MR) is 105 cm³/mol. The molecule has 0 unspecified atom stereocenters. The van der Waals surface area contributed by atoms with E-state index in [1.165, 1.54) is 4.90 Å². The van der Waals surface area contributed by atoms with Crippen molar-refractivity contribution in [3.8, 4) is 11.1 Å². The number of amides is 2. The van der Waals surface area contributed by atoms with Gasteiger partial charge in [0.2, 0.25) is 5.91 Å². The zero-order valence-electron chi connectivity index (χ0n) is 15.8. The minimum absolute atomic E-state index is 0.0567. The minimum Gasteiger partial charge on any atom is -0.480 e. The highest BCUT2D eigenvalue weighted by Gasteiger charge is 2.32. The van der Waals surface area contributed by atoms with E-state index in [0.29, 0.717) is 19.4 Å². The molecule has 2 aliphatic rings. The molecule has 1 aliphatic carbocycles. The smallest absolute Gasteiger partial charge is 0.407 e. The highest BCUT2D eigenvalue weighted by Crippen LogP contribution is 2.44. The molecule has 7 heteroatoms. The summed E-state index contributed by atoms with van der Waals surface area (Å²) in [5.74, 6) is -1.51. The van der Waals surface area contributed by atoms with E-state index in [1.807, 2.05) is 36.4 Å². The number of ether oxygens (including phenoxy) is 1. The fraction of sp³-hybridized carbons (Fsp3) is 0.318. The van der Waals surface area contributed by atoms with Gasteiger partial charge in [-0.15, -0.1) is 0 Å². The molecule has 2 aromatic rings. The van der Waals surface area contributed by atoms with Gasteiger partial charge in [-0.25, -0.2) is 4.79 Å². The number of aliphatic carboxylic acids is 1. The number of rotatable bonds is 5. The van der Waals surface area contributed by atoms with E-state index in [2.05, 4.69) is 17.4 Å². The Bertz CT molecular complexity index is 912. The maximum Gasteiger partial charge on any atom is 0.407 e. The first-order chi connectivity index (χ1) is 14.0. The number of carbonyl (C=O) groups is 3. The second-order valence-electron chi connectivity index (χ2n) is 7.32. The fourth-order valence-electron chi connectivity index (χ4n) is 4.18. The normalized spacial score (nSPS) is 18.1. The molecule has 0 bridgehead atoms. The van der Waals surface area contributed by atoms with E-state index in [9.17, 15) is 14.4 Å². The number of alkyl carbamates (subject to hydrolysis) is 1. The van der Waals surface area contributed by atoms with Crippen LogP contribution in [0, 0.1) is 0 Å². The number of carbonyl (C=O) groups excluding carboxylic acids is 2. The van der Waals surface area contributed by atoms with Crippen LogP contribution in [0.5, 0.6) is 0 Å². The quantitative estimate of drug-likeness (QED) is 0.813. The number of nitrogens with zero attached hydrogens (tertiary/aromatic N) is 1. The Morgan fingerprint density at radius 2 is 1.69 bits per heavy atom. The lowest BCUT2D eigenvalue weighted by Crippen LogP contribution is -2.53. The Labute approximate surface area is 168 Å². The van der Waals surface area contributed by atoms with Crippen molar-refractivity contribution < 1.29 is 24.2 Å². The van der Waals surface area contributed by atoms with Crippen LogP contribution in [0.3, 0.4) is 0 Å². The second-order valence-corrected chi connectivity index (χ2v) is 7.32. The van der Waals surface area contributed by atoms with Gasteiger partial charge < -0.3 is 20.1 Å². The first kappa shape index (κ1) is 19.0. The summed E-state index contributed by atoms with van der Waals surface area (Å²) in [5, 5.41) is 11.5. The molecule has 1 aliphatic heterocycles. The lowest BCUT2D eigenvalue weighted by molar-refractivity contribution is -0.146. The second kappa shape index (κ2) is 7.95. The fourth-order valence-corrected chi connectivity index (χ4v) is 4.18. The van der Waals surface area contributed by atoms with Gasteiger partial charge in [0.1, 0.15) is 19.2 Å². The van der Waals surface area contributed by atoms with Crippen molar-refractivity contribution in [1.29, 1.82) is 0 Å². The number of fused-ring (bicyclic) bond motifs is 3. The van der Waals surface area contributed by atoms with Crippen LogP contribution in [0.15, 0.2) is 48.5 Å². The maximum absolute atomic E-state index is 12.4. The van der Waals surface area contributed by atoms with Crippen molar-refractivity contribution in [1.82, 2.24) is 10.2 Å². The Morgan fingerprint density at radius 1 is 1.07 bits per heavy atom. The molecular weight excluding hydrogens is 372 g/mol. The van der Waals surface area contributed by atoms with E-state index in [4.69, 9.17) is 9.84 Å². The molecule has 0 aromatic heterocycles. The third kappa shape index (κ3) is 3.81. The predicted octanol–water partition coefficient (Wildman–Crippen LogP) is 2.60. The molecule has 2 aromatic carbocycles. The highest BCUT2D eigenvalue weighted by atomic mass is 16.5. The zero-order chi connectivity index (χ0) is 20.4. The summed E-state index contributed by atoms with van der Waals surface area (Å²) in [7, 11) is 0. The number of carboxylic acids is 1. The summed E-state index contributed by atoms with van der Waals surface area (Å²) in [6.07, 6.45) is 0.439. The summed E-state index contributed by atoms with van der Waals surface area (Å²) in [6.45, 7) is 0.190. The topological polar surface area (TPSA) is 95.9 Å². The van der Waals surface area contributed by atoms with Crippen LogP contribution in [0.2, 0.25) is 0 Å². The third-order valence-corrected chi connectivity index (χ3v) is 5.49. The number of hydrogen-bond donors (Lipinski definition) is 2. The van der Waals surface area contributed by atoms with Crippen LogP contribution in [0.4, 0.5) is 4.79 Å². The molecule has 1 heterocycles. The van der Waals surface area contributed by atoms with Gasteiger partial charge in [-0.3, -0.25) is 9.59 Å². The van der Waals surface area contributed by atoms with Crippen molar-refractivity contribution in [2.45, 2.75) is 24.8 Å². The van der Waals surface area contributed by atoms with Crippen LogP contribution in [-0.4, -0.2) is 53.7 Å². The lowest BCUT2D eigenvalue weighted by atomic mass is 9.98. The van der Waals surface area contributed by atoms with Gasteiger partial charge in [0.15, 0.2) is 0 Å². The van der Waals surface area contributed by atoms with Gasteiger partial charge in [0.25, 0.3) is 0 Å². The molecule has 1 fully saturated rings. The standard InChI is InChI=1S/C22H22N2O5/c25-20(26)12-24-11-5-10-19(21(24)27)23-22(28)29-13-18-16-8-3-1-6-14(16)15-7-2-4-9-17(15)18/h1-4,6-9,18-19H,5,10-13H2,(H,23,28)(H,25,26)/t19-/m0/s1. The van der Waals surface area contributed by atoms with E-state index >= 15 is 0 Å². The van der Waals surface area contributed by atoms with Crippen LogP contribution in [-0.2, 0) is 14.3 Å². The Morgan fingerprint density at radius 3 is 2.31 bits per heavy atom. The number of benzene rings is 2. The Kier molecular flexibility index (Phi) is 5.20. The van der Waals surface area contributed by atoms with Crippen molar-refractivity contribution in [2.24, 2.45) is 0 Å². The van der Waals surface area contributed by atoms with Gasteiger partial charge in [-0.1, -0.05) is 48.5 Å². The molecule has 0 spiro atoms. The van der Waals surface area contributed by atoms with Gasteiger partial charge in [-0.05, 0) is 35.1 Å². The zero-order valence-corrected chi connectivity index (χ0v) is 15.8. The number of nitrogens with one attached hydrogen (secondary N) is 1. The molecule has 29 heavy (non-hydrogen) atoms. The monoisotopic (exact) mass is 394 g/mol. The first-order valence-electron chi connectivity index (χ1n) is 9.66. The Hall–Kier alpha value is -3.35. The van der Waals surface area contributed by atoms with Crippen molar-refractivity contribution >= 4 is 18.0 Å². The Balaban J connectivity index is 1.40. The molecule has 2 amide bonds. The van der Waals surface area contributed by atoms with E-state index in [-0.39, 0.29) is 25.0 Å². The van der Waals surface area contributed by atoms with Gasteiger partial charge in [0, 0.05) is 12.5 Å². The van der Waals surface area contributed by atoms with Crippen LogP contribution >= 0.6 is 0 Å². The highest BCUT2D eigenvalue weighted by molar-refractivity contribution is 5.88. The summed E-state index contributed by atoms with van der Waals surface area (Å²) in [5.41, 5.74) is 4.51. The van der Waals surface area contributed by atoms with Gasteiger partial charge >= 0.3 is 12.1 Å². The molecular formula is C22H22N2O5. The van der Waals surface area contributed by atoms with E-state index in [0.717, 1.165) is 22.3 Å². The summed E-state index contributed by atoms with van der Waals surface area (Å²) in [4.78, 5) is 36.9. The maximum atomic E-state index is 12.4. The van der Waals surface area contributed by atoms with Crippen molar-refractivity contribution in [3.63, 3.8) is 0 Å². The minimum atomic E-state index is -1.07. The van der Waals surface area contributed by atoms with Crippen LogP contribution in [0.1, 0.15) is 29.9 Å². The molecule has 1 atom stereocenters. The van der Waals surface area contributed by atoms with Crippen molar-refractivity contribution in [2.75, 3.05) is 19.7 Å². The average molecular weight is 394 g/mol. The molecule has 0 saturated carbocycles. The average Bonchev–Trinajstić information content (AvgIpc) is 3.03. The molecule has 0 radical (unpaired) electrons. The number of carboxylic acid groups (broad SMARTS) is 1. The van der Waals surface area contributed by atoms with Crippen LogP contribution in [0.25, 0.3) is 11.1 Å². The lowest BCUT2D eigenvalue weighted by Gasteiger charge is -2.31. The SMILES string of the molecule is O=C(O)CN1CCC[C@H](NC(=O)OCC2c3ccccc3-c3ccccc32)C1=O. The summed E-state index contributed by atoms with van der Waals surface area (Å²) < 4.78 is 5.47. The number of likely N-dealkylation sites (tertiary alicyclic amines) is 1. The molecule has 7 nitrogen and oxygen atoms in total. The first-order valence-corrected chi connectivity index (χ1v) is 9.66. The summed E-state index contributed by atoms with van der Waals surface area (Å²) in [6, 6.07) is 15.4. The number of piperidine rings is 1.